The van der Waals surface area contributed by atoms with Crippen LogP contribution in [0.25, 0.3) is 5.65 Å². The van der Waals surface area contributed by atoms with Crippen LogP contribution in [0.4, 0.5) is 0 Å². The molecule has 0 aliphatic carbocycles. The van der Waals surface area contributed by atoms with Gasteiger partial charge in [-0.1, -0.05) is 11.6 Å². The van der Waals surface area contributed by atoms with Crippen LogP contribution < -0.4 is 0 Å². The SMILES string of the molecule is N#Cc1c(Cl)ccn2c(Br)cnc12. The summed E-state index contributed by atoms with van der Waals surface area (Å²) in [5.41, 5.74) is 0.969. The first-order valence-electron chi connectivity index (χ1n) is 3.45. The van der Waals surface area contributed by atoms with Gasteiger partial charge >= 0.3 is 0 Å². The fourth-order valence-electron chi connectivity index (χ4n) is 1.10. The minimum atomic E-state index is 0.398. The van der Waals surface area contributed by atoms with E-state index in [4.69, 9.17) is 16.9 Å². The number of hydrogen-bond acceptors (Lipinski definition) is 2. The lowest BCUT2D eigenvalue weighted by atomic mass is 10.3. The highest BCUT2D eigenvalue weighted by Gasteiger charge is 2.08. The zero-order valence-electron chi connectivity index (χ0n) is 6.33. The number of nitrogens with zero attached hydrogens (tertiary/aromatic N) is 3. The van der Waals surface area contributed by atoms with Crippen LogP contribution in [0.1, 0.15) is 5.56 Å². The van der Waals surface area contributed by atoms with E-state index < -0.39 is 0 Å². The molecule has 2 rings (SSSR count). The van der Waals surface area contributed by atoms with Gasteiger partial charge in [-0.05, 0) is 22.0 Å². The number of imidazole rings is 1. The van der Waals surface area contributed by atoms with Crippen LogP contribution in [-0.2, 0) is 0 Å². The molecule has 5 heteroatoms. The van der Waals surface area contributed by atoms with Crippen LogP contribution >= 0.6 is 27.5 Å². The summed E-state index contributed by atoms with van der Waals surface area (Å²) in [5, 5.41) is 9.25. The van der Waals surface area contributed by atoms with E-state index in [1.54, 1.807) is 22.9 Å². The predicted molar refractivity (Wildman–Crippen MR) is 52.6 cm³/mol. The van der Waals surface area contributed by atoms with Gasteiger partial charge in [0.1, 0.15) is 16.2 Å². The number of aromatic nitrogens is 2. The molecular formula is C8H3BrClN3. The number of nitriles is 1. The van der Waals surface area contributed by atoms with E-state index in [1.165, 1.54) is 0 Å². The molecule has 2 heterocycles. The molecule has 13 heavy (non-hydrogen) atoms. The van der Waals surface area contributed by atoms with Gasteiger partial charge in [0.25, 0.3) is 0 Å². The first-order chi connectivity index (χ1) is 6.24. The molecule has 3 nitrogen and oxygen atoms in total. The van der Waals surface area contributed by atoms with E-state index in [0.29, 0.717) is 16.2 Å². The highest BCUT2D eigenvalue weighted by molar-refractivity contribution is 9.10. The fraction of sp³-hybridized carbons (Fsp3) is 0. The third-order valence-corrected chi connectivity index (χ3v) is 2.60. The Hall–Kier alpha value is -1.05. The number of rotatable bonds is 0. The second kappa shape index (κ2) is 3.02. The Morgan fingerprint density at radius 1 is 1.62 bits per heavy atom. The molecule has 0 amide bonds. The number of halogens is 2. The maximum Gasteiger partial charge on any atom is 0.157 e. The van der Waals surface area contributed by atoms with Gasteiger partial charge in [0.2, 0.25) is 0 Å². The zero-order valence-corrected chi connectivity index (χ0v) is 8.67. The van der Waals surface area contributed by atoms with Gasteiger partial charge in [-0.15, -0.1) is 0 Å². The molecule has 0 bridgehead atoms. The van der Waals surface area contributed by atoms with Gasteiger partial charge in [0, 0.05) is 6.20 Å². The molecule has 0 atom stereocenters. The molecule has 0 saturated heterocycles. The van der Waals surface area contributed by atoms with Crippen molar-refractivity contribution in [2.24, 2.45) is 0 Å². The Labute approximate surface area is 87.7 Å². The zero-order chi connectivity index (χ0) is 9.42. The summed E-state index contributed by atoms with van der Waals surface area (Å²) in [7, 11) is 0. The summed E-state index contributed by atoms with van der Waals surface area (Å²) < 4.78 is 2.56. The smallest absolute Gasteiger partial charge is 0.157 e. The van der Waals surface area contributed by atoms with E-state index in [1.807, 2.05) is 6.07 Å². The van der Waals surface area contributed by atoms with E-state index in [9.17, 15) is 0 Å². The minimum Gasteiger partial charge on any atom is -0.293 e. The normalized spacial score (nSPS) is 10.2. The van der Waals surface area contributed by atoms with Crippen molar-refractivity contribution in [3.05, 3.63) is 33.6 Å². The van der Waals surface area contributed by atoms with Crippen molar-refractivity contribution >= 4 is 33.2 Å². The summed E-state index contributed by atoms with van der Waals surface area (Å²) in [4.78, 5) is 4.06. The second-order valence-electron chi connectivity index (χ2n) is 2.43. The van der Waals surface area contributed by atoms with E-state index >= 15 is 0 Å². The van der Waals surface area contributed by atoms with Crippen LogP contribution in [0.15, 0.2) is 23.1 Å². The lowest BCUT2D eigenvalue weighted by Crippen LogP contribution is -1.89. The number of fused-ring (bicyclic) bond motifs is 1. The summed E-state index contributed by atoms with van der Waals surface area (Å²) >= 11 is 9.12. The first kappa shape index (κ1) is 8.54. The topological polar surface area (TPSA) is 41.1 Å². The monoisotopic (exact) mass is 255 g/mol. The van der Waals surface area contributed by atoms with Crippen molar-refractivity contribution in [3.8, 4) is 6.07 Å². The highest BCUT2D eigenvalue weighted by atomic mass is 79.9. The molecule has 0 aliphatic rings. The van der Waals surface area contributed by atoms with Gasteiger partial charge < -0.3 is 0 Å². The van der Waals surface area contributed by atoms with Crippen LogP contribution in [0.3, 0.4) is 0 Å². The molecule has 2 aromatic heterocycles. The van der Waals surface area contributed by atoms with Crippen molar-refractivity contribution in [1.82, 2.24) is 9.38 Å². The van der Waals surface area contributed by atoms with Gasteiger partial charge in [0.15, 0.2) is 5.65 Å². The van der Waals surface area contributed by atoms with Crippen molar-refractivity contribution in [2.45, 2.75) is 0 Å². The third-order valence-electron chi connectivity index (χ3n) is 1.70. The maximum absolute atomic E-state index is 8.82. The summed E-state index contributed by atoms with van der Waals surface area (Å²) in [5.74, 6) is 0. The Morgan fingerprint density at radius 3 is 3.08 bits per heavy atom. The van der Waals surface area contributed by atoms with Gasteiger partial charge in [-0.3, -0.25) is 4.40 Å². The standard InChI is InChI=1S/C8H3BrClN3/c9-7-4-12-8-5(3-11)6(10)1-2-13(7)8/h1-2,4H. The molecule has 0 N–H and O–H groups in total. The third kappa shape index (κ3) is 1.21. The molecule has 0 unspecified atom stereocenters. The molecule has 0 radical (unpaired) electrons. The molecular weight excluding hydrogens is 253 g/mol. The Bertz CT molecular complexity index is 512. The fourth-order valence-corrected chi connectivity index (χ4v) is 1.67. The van der Waals surface area contributed by atoms with Crippen molar-refractivity contribution in [1.29, 1.82) is 5.26 Å². The van der Waals surface area contributed by atoms with E-state index in [2.05, 4.69) is 20.9 Å². The molecule has 0 fully saturated rings. The number of hydrogen-bond donors (Lipinski definition) is 0. The van der Waals surface area contributed by atoms with Crippen LogP contribution in [0, 0.1) is 11.3 Å². The Morgan fingerprint density at radius 2 is 2.38 bits per heavy atom. The van der Waals surface area contributed by atoms with Gasteiger partial charge in [-0.25, -0.2) is 4.98 Å². The first-order valence-corrected chi connectivity index (χ1v) is 4.62. The summed E-state index contributed by atoms with van der Waals surface area (Å²) in [6.07, 6.45) is 3.39. The van der Waals surface area contributed by atoms with Crippen molar-refractivity contribution in [3.63, 3.8) is 0 Å². The molecule has 0 aromatic carbocycles. The van der Waals surface area contributed by atoms with E-state index in [-0.39, 0.29) is 0 Å². The lowest BCUT2D eigenvalue weighted by Gasteiger charge is -1.98. The van der Waals surface area contributed by atoms with Crippen molar-refractivity contribution in [2.75, 3.05) is 0 Å². The molecule has 0 aliphatic heterocycles. The quantitative estimate of drug-likeness (QED) is 0.727. The molecule has 64 valence electrons. The minimum absolute atomic E-state index is 0.398. The Kier molecular flexibility index (Phi) is 1.98. The highest BCUT2D eigenvalue weighted by Crippen LogP contribution is 2.22. The van der Waals surface area contributed by atoms with E-state index in [0.717, 1.165) is 4.60 Å². The maximum atomic E-state index is 8.82. The number of pyridine rings is 1. The molecule has 2 aromatic rings. The molecule has 0 spiro atoms. The second-order valence-corrected chi connectivity index (χ2v) is 3.64. The Balaban J connectivity index is 2.95. The average molecular weight is 256 g/mol. The summed E-state index contributed by atoms with van der Waals surface area (Å²) in [6.45, 7) is 0. The molecule has 0 saturated carbocycles. The van der Waals surface area contributed by atoms with Gasteiger partial charge in [-0.2, -0.15) is 5.26 Å². The van der Waals surface area contributed by atoms with Crippen LogP contribution in [0.5, 0.6) is 0 Å². The van der Waals surface area contributed by atoms with Crippen LogP contribution in [0.2, 0.25) is 5.02 Å². The largest absolute Gasteiger partial charge is 0.293 e. The predicted octanol–water partition coefficient (Wildman–Crippen LogP) is 2.62. The van der Waals surface area contributed by atoms with Crippen molar-refractivity contribution < 1.29 is 0 Å². The lowest BCUT2D eigenvalue weighted by molar-refractivity contribution is 1.15. The summed E-state index contributed by atoms with van der Waals surface area (Å²) in [6, 6.07) is 3.68. The van der Waals surface area contributed by atoms with Crippen LogP contribution in [-0.4, -0.2) is 9.38 Å². The average Bonchev–Trinajstić information content (AvgIpc) is 2.48. The van der Waals surface area contributed by atoms with Gasteiger partial charge in [0.05, 0.1) is 11.2 Å².